The molecule has 8 heteroatoms. The first-order chi connectivity index (χ1) is 15.5. The third-order valence-corrected chi connectivity index (χ3v) is 7.71. The second kappa shape index (κ2) is 12.3. The maximum absolute atomic E-state index is 12.5. The van der Waals surface area contributed by atoms with Crippen LogP contribution in [0.4, 0.5) is 0 Å². The van der Waals surface area contributed by atoms with Gasteiger partial charge >= 0.3 is 0 Å². The normalized spacial score (nSPS) is 18.4. The smallest absolute Gasteiger partial charge is 0.198 e. The van der Waals surface area contributed by atoms with Gasteiger partial charge in [0.25, 0.3) is 0 Å². The van der Waals surface area contributed by atoms with E-state index in [1.807, 2.05) is 30.3 Å². The number of aromatic hydroxyl groups is 1. The van der Waals surface area contributed by atoms with E-state index in [-0.39, 0.29) is 18.5 Å². The van der Waals surface area contributed by atoms with Gasteiger partial charge in [-0.25, -0.2) is 0 Å². The maximum Gasteiger partial charge on any atom is 0.198 e. The summed E-state index contributed by atoms with van der Waals surface area (Å²) in [6.07, 6.45) is 3.79. The highest BCUT2D eigenvalue weighted by atomic mass is 31.1. The van der Waals surface area contributed by atoms with Crippen LogP contribution in [0.3, 0.4) is 0 Å². The average Bonchev–Trinajstić information content (AvgIpc) is 2.81. The zero-order valence-electron chi connectivity index (χ0n) is 18.3. The number of benzene rings is 2. The van der Waals surface area contributed by atoms with Gasteiger partial charge in [0, 0.05) is 12.6 Å². The molecule has 32 heavy (non-hydrogen) atoms. The van der Waals surface area contributed by atoms with Gasteiger partial charge in [-0.3, -0.25) is 4.57 Å². The lowest BCUT2D eigenvalue weighted by Crippen LogP contribution is -2.46. The fourth-order valence-corrected chi connectivity index (χ4v) is 5.55. The van der Waals surface area contributed by atoms with Gasteiger partial charge in [-0.15, -0.1) is 0 Å². The van der Waals surface area contributed by atoms with Crippen LogP contribution in [-0.2, 0) is 4.57 Å². The number of rotatable bonds is 12. The van der Waals surface area contributed by atoms with E-state index >= 15 is 0 Å². The first-order valence-corrected chi connectivity index (χ1v) is 12.6. The number of phenolic OH excluding ortho intramolecular Hbond substituents is 1. The SMILES string of the molecule is O=[PH](O)C1(C(CCNCC(O)COc2cccc(O)c2)Oc2ccccc2)CCCCC1. The Kier molecular flexibility index (Phi) is 9.42. The Balaban J connectivity index is 1.53. The molecule has 7 nitrogen and oxygen atoms in total. The lowest BCUT2D eigenvalue weighted by atomic mass is 9.82. The van der Waals surface area contributed by atoms with E-state index in [4.69, 9.17) is 9.47 Å². The molecule has 2 aromatic rings. The minimum Gasteiger partial charge on any atom is -0.508 e. The number of hydrogen-bond acceptors (Lipinski definition) is 6. The maximum atomic E-state index is 12.5. The molecule has 0 spiro atoms. The van der Waals surface area contributed by atoms with Crippen molar-refractivity contribution in [1.29, 1.82) is 0 Å². The lowest BCUT2D eigenvalue weighted by molar-refractivity contribution is 0.0968. The molecule has 3 atom stereocenters. The summed E-state index contributed by atoms with van der Waals surface area (Å²) in [7, 11) is -2.80. The van der Waals surface area contributed by atoms with Crippen LogP contribution in [0.2, 0.25) is 0 Å². The Morgan fingerprint density at radius 2 is 1.75 bits per heavy atom. The number of ether oxygens (including phenoxy) is 2. The van der Waals surface area contributed by atoms with E-state index in [2.05, 4.69) is 5.32 Å². The molecule has 0 radical (unpaired) electrons. The van der Waals surface area contributed by atoms with Crippen LogP contribution in [0.5, 0.6) is 17.2 Å². The van der Waals surface area contributed by atoms with Gasteiger partial charge in [0.15, 0.2) is 8.03 Å². The second-order valence-electron chi connectivity index (χ2n) is 8.40. The summed E-state index contributed by atoms with van der Waals surface area (Å²) in [6, 6.07) is 15.9. The molecule has 1 aliphatic carbocycles. The van der Waals surface area contributed by atoms with E-state index in [1.54, 1.807) is 18.2 Å². The molecule has 0 bridgehead atoms. The summed E-state index contributed by atoms with van der Waals surface area (Å²) in [6.45, 7) is 0.949. The van der Waals surface area contributed by atoms with Crippen LogP contribution in [-0.4, -0.2) is 52.2 Å². The first-order valence-electron chi connectivity index (χ1n) is 11.3. The minimum absolute atomic E-state index is 0.0919. The summed E-state index contributed by atoms with van der Waals surface area (Å²) in [5.41, 5.74) is 0. The van der Waals surface area contributed by atoms with Gasteiger partial charge in [0.2, 0.25) is 0 Å². The Morgan fingerprint density at radius 3 is 2.44 bits per heavy atom. The zero-order valence-corrected chi connectivity index (χ0v) is 19.3. The number of aliphatic hydroxyl groups excluding tert-OH is 1. The number of para-hydroxylation sites is 1. The largest absolute Gasteiger partial charge is 0.508 e. The van der Waals surface area contributed by atoms with Gasteiger partial charge in [0.05, 0.1) is 5.16 Å². The van der Waals surface area contributed by atoms with Crippen LogP contribution in [0.1, 0.15) is 38.5 Å². The molecule has 1 fully saturated rings. The van der Waals surface area contributed by atoms with Crippen LogP contribution in [0.25, 0.3) is 0 Å². The van der Waals surface area contributed by atoms with Crippen molar-refractivity contribution in [3.8, 4) is 17.2 Å². The Bertz CT molecular complexity index is 843. The van der Waals surface area contributed by atoms with Gasteiger partial charge in [-0.05, 0) is 50.1 Å². The van der Waals surface area contributed by atoms with E-state index < -0.39 is 19.3 Å². The molecule has 2 aromatic carbocycles. The van der Waals surface area contributed by atoms with E-state index in [0.717, 1.165) is 19.3 Å². The lowest BCUT2D eigenvalue weighted by Gasteiger charge is -2.41. The van der Waals surface area contributed by atoms with Crippen molar-refractivity contribution >= 4 is 8.03 Å². The van der Waals surface area contributed by atoms with Crippen molar-refractivity contribution in [3.63, 3.8) is 0 Å². The molecule has 176 valence electrons. The standard InChI is InChI=1S/C24H34NO6P/c26-19-8-7-11-22(16-19)30-18-20(27)17-25-15-12-23(31-21-9-3-1-4-10-21)24(32(28)29)13-5-2-6-14-24/h1,3-4,7-11,16,20,23,25-27,32H,2,5-6,12-15,17-18H2,(H,28,29). The monoisotopic (exact) mass is 463 g/mol. The Morgan fingerprint density at radius 1 is 1.03 bits per heavy atom. The summed E-state index contributed by atoms with van der Waals surface area (Å²) in [5.74, 6) is 1.30. The molecule has 0 aliphatic heterocycles. The summed E-state index contributed by atoms with van der Waals surface area (Å²) in [5, 5.41) is 22.2. The molecular weight excluding hydrogens is 429 g/mol. The quantitative estimate of drug-likeness (QED) is 0.281. The molecule has 3 unspecified atom stereocenters. The highest BCUT2D eigenvalue weighted by Gasteiger charge is 2.45. The second-order valence-corrected chi connectivity index (χ2v) is 10.0. The summed E-state index contributed by atoms with van der Waals surface area (Å²) < 4.78 is 24.3. The number of hydrogen-bond donors (Lipinski definition) is 4. The molecule has 0 amide bonds. The van der Waals surface area contributed by atoms with Gasteiger partial charge in [0.1, 0.15) is 36.1 Å². The molecule has 0 saturated heterocycles. The van der Waals surface area contributed by atoms with Crippen molar-refractivity contribution in [3.05, 3.63) is 54.6 Å². The molecule has 1 aliphatic rings. The number of phenols is 1. The van der Waals surface area contributed by atoms with Gasteiger partial charge in [-0.1, -0.05) is 43.5 Å². The van der Waals surface area contributed by atoms with Crippen molar-refractivity contribution in [1.82, 2.24) is 5.32 Å². The molecule has 0 heterocycles. The van der Waals surface area contributed by atoms with Crippen LogP contribution >= 0.6 is 8.03 Å². The molecule has 3 rings (SSSR count). The van der Waals surface area contributed by atoms with Crippen molar-refractivity contribution in [2.24, 2.45) is 0 Å². The van der Waals surface area contributed by atoms with E-state index in [9.17, 15) is 19.7 Å². The minimum atomic E-state index is -2.80. The third kappa shape index (κ3) is 6.97. The van der Waals surface area contributed by atoms with Crippen molar-refractivity contribution < 1.29 is 29.1 Å². The molecule has 0 aromatic heterocycles. The Labute approximate surface area is 190 Å². The average molecular weight is 464 g/mol. The zero-order chi connectivity index (χ0) is 22.8. The molecular formula is C24H34NO6P. The summed E-state index contributed by atoms with van der Waals surface area (Å²) >= 11 is 0. The fraction of sp³-hybridized carbons (Fsp3) is 0.500. The Hall–Kier alpha value is -2.05. The number of nitrogens with one attached hydrogen (secondary N) is 1. The van der Waals surface area contributed by atoms with Crippen molar-refractivity contribution in [2.45, 2.75) is 55.9 Å². The van der Waals surface area contributed by atoms with Crippen molar-refractivity contribution in [2.75, 3.05) is 19.7 Å². The predicted octanol–water partition coefficient (Wildman–Crippen LogP) is 3.73. The first kappa shape index (κ1) is 24.6. The van der Waals surface area contributed by atoms with Crippen LogP contribution in [0.15, 0.2) is 54.6 Å². The highest BCUT2D eigenvalue weighted by molar-refractivity contribution is 7.40. The van der Waals surface area contributed by atoms with E-state index in [1.165, 1.54) is 6.07 Å². The van der Waals surface area contributed by atoms with Gasteiger partial charge < -0.3 is 29.9 Å². The third-order valence-electron chi connectivity index (χ3n) is 6.03. The molecule has 4 N–H and O–H groups in total. The highest BCUT2D eigenvalue weighted by Crippen LogP contribution is 2.50. The topological polar surface area (TPSA) is 108 Å². The number of aliphatic hydroxyl groups is 1. The fourth-order valence-electron chi connectivity index (χ4n) is 4.29. The predicted molar refractivity (Wildman–Crippen MR) is 125 cm³/mol. The van der Waals surface area contributed by atoms with Gasteiger partial charge in [-0.2, -0.15) is 0 Å². The van der Waals surface area contributed by atoms with E-state index in [0.29, 0.717) is 43.9 Å². The van der Waals surface area contributed by atoms with Crippen LogP contribution in [0, 0.1) is 0 Å². The summed E-state index contributed by atoms with van der Waals surface area (Å²) in [4.78, 5) is 10.3. The molecule has 1 saturated carbocycles. The van der Waals surface area contributed by atoms with Crippen LogP contribution < -0.4 is 14.8 Å².